The maximum Gasteiger partial charge on any atom is 0 e. The Hall–Kier alpha value is 1.99. The minimum atomic E-state index is 0. The van der Waals surface area contributed by atoms with E-state index >= 15 is 0 Å². The molecule has 0 spiro atoms. The first-order valence-electron chi connectivity index (χ1n) is 0. The van der Waals surface area contributed by atoms with Crippen LogP contribution in [0.15, 0.2) is 0 Å². The maximum atomic E-state index is 0. The van der Waals surface area contributed by atoms with Gasteiger partial charge in [-0.1, -0.05) is 0 Å². The number of rotatable bonds is 0. The average Bonchev–Trinajstić information content (AvgIpc) is 0. The molecule has 1 radical (unpaired) electrons. The monoisotopic (exact) mass is 108 g/mol. The summed E-state index contributed by atoms with van der Waals surface area (Å²) in [6.45, 7) is 0. The normalized spacial score (nSPS) is 0. The molecular weight excluding hydrogens is 100 g/mol. The molecule has 25 valence electrons. The van der Waals surface area contributed by atoms with E-state index in [0.717, 1.165) is 0 Å². The van der Waals surface area contributed by atoms with Crippen LogP contribution < -0.4 is 6.15 Å². The molecule has 1 unspecified atom stereocenters. The Bertz CT molecular complexity index is 8.00. The van der Waals surface area contributed by atoms with Crippen LogP contribution in [-0.4, -0.2) is 56.9 Å². The topological polar surface area (TPSA) is 66.5 Å². The van der Waals surface area contributed by atoms with Crippen LogP contribution in [0, 0.1) is 0 Å². The fraction of sp³-hybridized carbons (Fsp3) is 0. The van der Waals surface area contributed by atoms with Crippen molar-refractivity contribution in [3.05, 3.63) is 0 Å². The zero-order valence-corrected chi connectivity index (χ0v) is 7.45. The SMILES string of the molecule is N.O.P.[K]. The van der Waals surface area contributed by atoms with Gasteiger partial charge in [0.15, 0.2) is 0 Å². The molecular formula is H8KNOP. The van der Waals surface area contributed by atoms with Gasteiger partial charge >= 0.3 is 0 Å². The van der Waals surface area contributed by atoms with Gasteiger partial charge in [-0.15, -0.1) is 0 Å². The van der Waals surface area contributed by atoms with E-state index in [4.69, 9.17) is 0 Å². The van der Waals surface area contributed by atoms with Crippen LogP contribution in [0.5, 0.6) is 0 Å². The second-order valence-electron chi connectivity index (χ2n) is 0. The largest absolute Gasteiger partial charge is 0.412 e. The minimum absolute atomic E-state index is 0. The summed E-state index contributed by atoms with van der Waals surface area (Å²) < 4.78 is 0. The molecule has 0 aliphatic carbocycles. The molecule has 0 saturated carbocycles. The quantitative estimate of drug-likeness (QED) is 0.314. The third kappa shape index (κ3) is 9.01. The van der Waals surface area contributed by atoms with Crippen LogP contribution in [-0.2, 0) is 0 Å². The molecule has 0 aromatic rings. The van der Waals surface area contributed by atoms with Gasteiger partial charge in [-0.2, -0.15) is 9.90 Å². The van der Waals surface area contributed by atoms with Crippen molar-refractivity contribution in [2.24, 2.45) is 0 Å². The summed E-state index contributed by atoms with van der Waals surface area (Å²) in [5.41, 5.74) is 0. The predicted octanol–water partition coefficient (Wildman–Crippen LogP) is -0.985. The molecule has 0 fully saturated rings. The van der Waals surface area contributed by atoms with E-state index < -0.39 is 0 Å². The van der Waals surface area contributed by atoms with Gasteiger partial charge in [0.2, 0.25) is 0 Å². The third-order valence-electron chi connectivity index (χ3n) is 0. The zero-order valence-electron chi connectivity index (χ0n) is 2.91. The summed E-state index contributed by atoms with van der Waals surface area (Å²) in [7, 11) is 0. The molecule has 0 amide bonds. The first-order chi connectivity index (χ1) is 0. The maximum absolute atomic E-state index is 0. The van der Waals surface area contributed by atoms with Crippen LogP contribution >= 0.6 is 9.90 Å². The third-order valence-corrected chi connectivity index (χ3v) is 0. The van der Waals surface area contributed by atoms with Gasteiger partial charge < -0.3 is 11.6 Å². The van der Waals surface area contributed by atoms with Crippen LogP contribution in [0.25, 0.3) is 0 Å². The van der Waals surface area contributed by atoms with E-state index in [9.17, 15) is 0 Å². The van der Waals surface area contributed by atoms with E-state index in [1.54, 1.807) is 0 Å². The Balaban J connectivity index is 0. The minimum Gasteiger partial charge on any atom is -0.412 e. The summed E-state index contributed by atoms with van der Waals surface area (Å²) in [5, 5.41) is 0. The number of hydrogen-bond donors (Lipinski definition) is 1. The Morgan fingerprint density at radius 3 is 1.00 bits per heavy atom. The molecule has 0 saturated heterocycles. The Labute approximate surface area is 71.7 Å². The van der Waals surface area contributed by atoms with Crippen molar-refractivity contribution >= 4 is 61.3 Å². The van der Waals surface area contributed by atoms with E-state index in [0.29, 0.717) is 0 Å². The molecule has 2 nitrogen and oxygen atoms in total. The van der Waals surface area contributed by atoms with Crippen LogP contribution in [0.2, 0.25) is 0 Å². The smallest absolute Gasteiger partial charge is 0 e. The first-order valence-corrected chi connectivity index (χ1v) is 0. The second-order valence-corrected chi connectivity index (χ2v) is 0. The average molecular weight is 108 g/mol. The van der Waals surface area contributed by atoms with Gasteiger partial charge in [-0.3, -0.25) is 0 Å². The molecule has 1 atom stereocenters. The van der Waals surface area contributed by atoms with E-state index in [-0.39, 0.29) is 72.9 Å². The molecule has 0 aromatic carbocycles. The van der Waals surface area contributed by atoms with E-state index in [2.05, 4.69) is 0 Å². The fourth-order valence-electron chi connectivity index (χ4n) is 0. The molecule has 0 aliphatic heterocycles. The second kappa shape index (κ2) is 20.1. The summed E-state index contributed by atoms with van der Waals surface area (Å²) in [5.74, 6) is 0. The Morgan fingerprint density at radius 2 is 1.00 bits per heavy atom. The van der Waals surface area contributed by atoms with Gasteiger partial charge in [0.25, 0.3) is 0 Å². The van der Waals surface area contributed by atoms with Crippen molar-refractivity contribution in [2.45, 2.75) is 0 Å². The molecule has 0 aliphatic rings. The van der Waals surface area contributed by atoms with Gasteiger partial charge in [0.05, 0.1) is 0 Å². The van der Waals surface area contributed by atoms with E-state index in [1.807, 2.05) is 0 Å². The Kier molecular flexibility index (Phi) is 189. The van der Waals surface area contributed by atoms with Crippen LogP contribution in [0.3, 0.4) is 0 Å². The molecule has 0 rings (SSSR count). The first kappa shape index (κ1) is 37.7. The van der Waals surface area contributed by atoms with Crippen molar-refractivity contribution < 1.29 is 5.48 Å². The number of hydrogen-bond acceptors (Lipinski definition) is 1. The van der Waals surface area contributed by atoms with Gasteiger partial charge in [0.1, 0.15) is 0 Å². The standard InChI is InChI=1S/K.H3N.H2O.H3P/h;1H3;1H2;1H3. The summed E-state index contributed by atoms with van der Waals surface area (Å²) in [6.07, 6.45) is 0. The molecule has 0 aromatic heterocycles. The van der Waals surface area contributed by atoms with Crippen molar-refractivity contribution in [1.29, 1.82) is 0 Å². The summed E-state index contributed by atoms with van der Waals surface area (Å²) >= 11 is 0. The predicted molar refractivity (Wildman–Crippen MR) is 25.5 cm³/mol. The molecule has 4 heteroatoms. The van der Waals surface area contributed by atoms with Crippen molar-refractivity contribution in [1.82, 2.24) is 6.15 Å². The van der Waals surface area contributed by atoms with Crippen molar-refractivity contribution in [3.8, 4) is 0 Å². The molecule has 0 bridgehead atoms. The van der Waals surface area contributed by atoms with Crippen LogP contribution in [0.4, 0.5) is 0 Å². The summed E-state index contributed by atoms with van der Waals surface area (Å²) in [4.78, 5) is 0. The van der Waals surface area contributed by atoms with Gasteiger partial charge in [-0.25, -0.2) is 0 Å². The Morgan fingerprint density at radius 1 is 1.00 bits per heavy atom. The molecule has 4 heavy (non-hydrogen) atoms. The van der Waals surface area contributed by atoms with Gasteiger partial charge in [0, 0.05) is 51.4 Å². The summed E-state index contributed by atoms with van der Waals surface area (Å²) in [6, 6.07) is 0. The van der Waals surface area contributed by atoms with E-state index in [1.165, 1.54) is 0 Å². The zero-order chi connectivity index (χ0) is 0. The van der Waals surface area contributed by atoms with Crippen molar-refractivity contribution in [2.75, 3.05) is 0 Å². The van der Waals surface area contributed by atoms with Crippen LogP contribution in [0.1, 0.15) is 0 Å². The molecule has 5 N–H and O–H groups in total. The van der Waals surface area contributed by atoms with Gasteiger partial charge in [-0.05, 0) is 0 Å². The molecule has 0 heterocycles. The van der Waals surface area contributed by atoms with Crippen molar-refractivity contribution in [3.63, 3.8) is 0 Å². The fourth-order valence-corrected chi connectivity index (χ4v) is 0.